The smallest absolute Gasteiger partial charge is 0.342 e. The fourth-order valence-electron chi connectivity index (χ4n) is 1.28. The van der Waals surface area contributed by atoms with Crippen molar-refractivity contribution in [1.82, 2.24) is 0 Å². The van der Waals surface area contributed by atoms with E-state index in [4.69, 9.17) is 0 Å². The summed E-state index contributed by atoms with van der Waals surface area (Å²) < 4.78 is 61.9. The van der Waals surface area contributed by atoms with Gasteiger partial charge in [0.05, 0.1) is 5.57 Å². The van der Waals surface area contributed by atoms with Crippen LogP contribution in [0.4, 0.5) is 17.6 Å². The van der Waals surface area contributed by atoms with E-state index >= 15 is 0 Å². The van der Waals surface area contributed by atoms with E-state index in [9.17, 15) is 17.6 Å². The topological polar surface area (TPSA) is 18.5 Å². The van der Waals surface area contributed by atoms with Gasteiger partial charge in [-0.3, -0.25) is 0 Å². The third-order valence-electron chi connectivity index (χ3n) is 2.10. The zero-order valence-corrected chi connectivity index (χ0v) is 7.79. The van der Waals surface area contributed by atoms with Gasteiger partial charge < -0.3 is 9.47 Å². The Morgan fingerprint density at radius 3 is 2.44 bits per heavy atom. The molecule has 0 fully saturated rings. The molecule has 0 saturated carbocycles. The lowest BCUT2D eigenvalue weighted by Crippen LogP contribution is -2.42. The summed E-state index contributed by atoms with van der Waals surface area (Å²) in [6.07, 6.45) is 4.80. The molecule has 0 bridgehead atoms. The molecule has 1 aliphatic carbocycles. The first kappa shape index (κ1) is 10.8. The molecule has 0 saturated heterocycles. The molecule has 2 rings (SSSR count). The van der Waals surface area contributed by atoms with Crippen molar-refractivity contribution in [3.05, 3.63) is 48.3 Å². The fraction of sp³-hybridized carbons (Fsp3) is 0.200. The average molecular weight is 234 g/mol. The van der Waals surface area contributed by atoms with Crippen molar-refractivity contribution in [2.24, 2.45) is 0 Å². The van der Waals surface area contributed by atoms with Crippen LogP contribution in [0.25, 0.3) is 0 Å². The van der Waals surface area contributed by atoms with Crippen LogP contribution in [0.5, 0.6) is 0 Å². The van der Waals surface area contributed by atoms with Gasteiger partial charge in [-0.25, -0.2) is 0 Å². The molecule has 0 N–H and O–H groups in total. The standard InChI is InChI=1S/C10H6F4O2/c11-9(12)3-1-2-7(10(9,13)14)8-6-15-4-5-16-8/h1-6H. The van der Waals surface area contributed by atoms with Gasteiger partial charge in [0.25, 0.3) is 0 Å². The number of hydrogen-bond donors (Lipinski definition) is 0. The molecule has 0 amide bonds. The monoisotopic (exact) mass is 234 g/mol. The zero-order valence-electron chi connectivity index (χ0n) is 7.79. The van der Waals surface area contributed by atoms with Gasteiger partial charge in [0.15, 0.2) is 5.76 Å². The summed E-state index contributed by atoms with van der Waals surface area (Å²) >= 11 is 0. The Morgan fingerprint density at radius 2 is 1.81 bits per heavy atom. The summed E-state index contributed by atoms with van der Waals surface area (Å²) in [6, 6.07) is 0. The first-order chi connectivity index (χ1) is 7.45. The van der Waals surface area contributed by atoms with E-state index in [2.05, 4.69) is 9.47 Å². The van der Waals surface area contributed by atoms with Gasteiger partial charge >= 0.3 is 11.8 Å². The summed E-state index contributed by atoms with van der Waals surface area (Å²) in [6.45, 7) is 0. The first-order valence-electron chi connectivity index (χ1n) is 4.28. The van der Waals surface area contributed by atoms with Crippen LogP contribution in [-0.2, 0) is 9.47 Å². The molecular weight excluding hydrogens is 228 g/mol. The predicted octanol–water partition coefficient (Wildman–Crippen LogP) is 3.11. The fourth-order valence-corrected chi connectivity index (χ4v) is 1.28. The molecule has 6 heteroatoms. The Kier molecular flexibility index (Phi) is 2.29. The second kappa shape index (κ2) is 3.40. The molecule has 0 aromatic rings. The lowest BCUT2D eigenvalue weighted by molar-refractivity contribution is -0.156. The lowest BCUT2D eigenvalue weighted by Gasteiger charge is -2.29. The van der Waals surface area contributed by atoms with Gasteiger partial charge in [-0.05, 0) is 12.2 Å². The van der Waals surface area contributed by atoms with Crippen LogP contribution in [0, 0.1) is 0 Å². The molecule has 0 spiro atoms. The van der Waals surface area contributed by atoms with Crippen LogP contribution in [0.2, 0.25) is 0 Å². The van der Waals surface area contributed by atoms with Gasteiger partial charge in [-0.1, -0.05) is 6.08 Å². The molecule has 2 aliphatic rings. The minimum Gasteiger partial charge on any atom is -0.466 e. The van der Waals surface area contributed by atoms with E-state index < -0.39 is 23.2 Å². The van der Waals surface area contributed by atoms with Crippen molar-refractivity contribution in [2.45, 2.75) is 11.8 Å². The van der Waals surface area contributed by atoms with Crippen molar-refractivity contribution >= 4 is 0 Å². The maximum absolute atomic E-state index is 13.4. The van der Waals surface area contributed by atoms with Gasteiger partial charge in [-0.15, -0.1) is 0 Å². The second-order valence-corrected chi connectivity index (χ2v) is 3.15. The average Bonchev–Trinajstić information content (AvgIpc) is 2.23. The Bertz CT molecular complexity index is 419. The van der Waals surface area contributed by atoms with Crippen LogP contribution >= 0.6 is 0 Å². The SMILES string of the molecule is FC1(F)C=CC=C(C2=COC=CO2)C1(F)F. The van der Waals surface area contributed by atoms with Crippen molar-refractivity contribution in [3.8, 4) is 0 Å². The molecule has 0 radical (unpaired) electrons. The highest BCUT2D eigenvalue weighted by molar-refractivity contribution is 5.42. The van der Waals surface area contributed by atoms with E-state index in [0.29, 0.717) is 0 Å². The van der Waals surface area contributed by atoms with Gasteiger partial charge in [0.1, 0.15) is 18.8 Å². The number of ether oxygens (including phenoxy) is 2. The third-order valence-corrected chi connectivity index (χ3v) is 2.10. The molecule has 86 valence electrons. The number of halogens is 4. The first-order valence-corrected chi connectivity index (χ1v) is 4.28. The third kappa shape index (κ3) is 1.50. The van der Waals surface area contributed by atoms with E-state index in [1.54, 1.807) is 0 Å². The Balaban J connectivity index is 2.38. The molecule has 16 heavy (non-hydrogen) atoms. The second-order valence-electron chi connectivity index (χ2n) is 3.15. The molecule has 0 aromatic carbocycles. The highest BCUT2D eigenvalue weighted by Crippen LogP contribution is 2.46. The number of allylic oxidation sites excluding steroid dienone is 4. The Morgan fingerprint density at radius 1 is 1.06 bits per heavy atom. The summed E-state index contributed by atoms with van der Waals surface area (Å²) in [5, 5.41) is 0. The minimum absolute atomic E-state index is 0.149. The van der Waals surface area contributed by atoms with Gasteiger partial charge in [0.2, 0.25) is 0 Å². The zero-order chi connectivity index (χ0) is 11.8. The molecular formula is C10H6F4O2. The summed E-state index contributed by atoms with van der Waals surface area (Å²) in [4.78, 5) is 0. The van der Waals surface area contributed by atoms with Crippen LogP contribution in [0.15, 0.2) is 48.3 Å². The number of rotatable bonds is 1. The van der Waals surface area contributed by atoms with E-state index in [1.807, 2.05) is 0 Å². The Labute approximate surface area is 88.1 Å². The molecule has 1 heterocycles. The lowest BCUT2D eigenvalue weighted by atomic mass is 9.95. The number of hydrogen-bond acceptors (Lipinski definition) is 2. The molecule has 0 atom stereocenters. The largest absolute Gasteiger partial charge is 0.466 e. The van der Waals surface area contributed by atoms with Crippen molar-refractivity contribution in [1.29, 1.82) is 0 Å². The normalized spacial score (nSPS) is 25.2. The van der Waals surface area contributed by atoms with Crippen LogP contribution in [0.3, 0.4) is 0 Å². The highest BCUT2D eigenvalue weighted by atomic mass is 19.3. The van der Waals surface area contributed by atoms with E-state index in [-0.39, 0.29) is 6.08 Å². The molecule has 0 unspecified atom stereocenters. The summed E-state index contributed by atoms with van der Waals surface area (Å²) in [5.74, 6) is -8.98. The van der Waals surface area contributed by atoms with Crippen LogP contribution in [-0.4, -0.2) is 11.8 Å². The van der Waals surface area contributed by atoms with E-state index in [0.717, 1.165) is 30.9 Å². The quantitative estimate of drug-likeness (QED) is 0.649. The Hall–Kier alpha value is -1.72. The van der Waals surface area contributed by atoms with Crippen molar-refractivity contribution in [3.63, 3.8) is 0 Å². The summed E-state index contributed by atoms with van der Waals surface area (Å²) in [5.41, 5.74) is -0.913. The number of alkyl halides is 4. The predicted molar refractivity (Wildman–Crippen MR) is 46.5 cm³/mol. The molecule has 2 nitrogen and oxygen atoms in total. The molecule has 0 aromatic heterocycles. The maximum Gasteiger partial charge on any atom is 0.342 e. The highest BCUT2D eigenvalue weighted by Gasteiger charge is 2.59. The maximum atomic E-state index is 13.4. The van der Waals surface area contributed by atoms with Crippen LogP contribution in [0.1, 0.15) is 0 Å². The van der Waals surface area contributed by atoms with Gasteiger partial charge in [0, 0.05) is 0 Å². The van der Waals surface area contributed by atoms with Gasteiger partial charge in [-0.2, -0.15) is 17.6 Å². The minimum atomic E-state index is -4.32. The van der Waals surface area contributed by atoms with E-state index in [1.165, 1.54) is 0 Å². The van der Waals surface area contributed by atoms with Crippen molar-refractivity contribution < 1.29 is 27.0 Å². The van der Waals surface area contributed by atoms with Crippen LogP contribution < -0.4 is 0 Å². The summed E-state index contributed by atoms with van der Waals surface area (Å²) in [7, 11) is 0. The van der Waals surface area contributed by atoms with Crippen molar-refractivity contribution in [2.75, 3.05) is 0 Å². The molecule has 1 aliphatic heterocycles.